The molecule has 0 bridgehead atoms. The molecule has 2 aliphatic rings. The molecule has 0 aromatic carbocycles. The molecule has 2 fully saturated rings. The van der Waals surface area contributed by atoms with Gasteiger partial charge < -0.3 is 15.0 Å². The molecule has 104 valence electrons. The quantitative estimate of drug-likeness (QED) is 0.871. The second-order valence-corrected chi connectivity index (χ2v) is 5.61. The van der Waals surface area contributed by atoms with Crippen LogP contribution in [-0.4, -0.2) is 34.6 Å². The van der Waals surface area contributed by atoms with Crippen LogP contribution in [0.25, 0.3) is 0 Å². The highest BCUT2D eigenvalue weighted by Gasteiger charge is 2.57. The van der Waals surface area contributed by atoms with Crippen LogP contribution >= 0.6 is 0 Å². The van der Waals surface area contributed by atoms with E-state index < -0.39 is 0 Å². The van der Waals surface area contributed by atoms with Gasteiger partial charge in [0.1, 0.15) is 5.69 Å². The fourth-order valence-corrected chi connectivity index (χ4v) is 3.70. The van der Waals surface area contributed by atoms with Crippen molar-refractivity contribution in [3.8, 4) is 0 Å². The summed E-state index contributed by atoms with van der Waals surface area (Å²) in [5.74, 6) is -0.0521. The van der Waals surface area contributed by atoms with Crippen LogP contribution < -0.4 is 5.32 Å². The lowest BCUT2D eigenvalue weighted by atomic mass is 9.60. The van der Waals surface area contributed by atoms with Gasteiger partial charge >= 0.3 is 0 Å². The molecule has 5 nitrogen and oxygen atoms in total. The Kier molecular flexibility index (Phi) is 3.31. The molecule has 0 radical (unpaired) electrons. The Hall–Kier alpha value is -1.36. The number of hydrogen-bond donors (Lipinski definition) is 2. The van der Waals surface area contributed by atoms with Crippen LogP contribution in [0.4, 0.5) is 0 Å². The number of rotatable bonds is 4. The number of H-pyrrole nitrogens is 1. The van der Waals surface area contributed by atoms with Gasteiger partial charge in [0.25, 0.3) is 5.91 Å². The molecule has 1 spiro atoms. The predicted octanol–water partition coefficient (Wildman–Crippen LogP) is 1.88. The Morgan fingerprint density at radius 1 is 1.58 bits per heavy atom. The van der Waals surface area contributed by atoms with Crippen molar-refractivity contribution in [2.75, 3.05) is 6.61 Å². The van der Waals surface area contributed by atoms with Crippen LogP contribution in [0.5, 0.6) is 0 Å². The average molecular weight is 263 g/mol. The first-order chi connectivity index (χ1) is 9.26. The lowest BCUT2D eigenvalue weighted by Gasteiger charge is -2.54. The lowest BCUT2D eigenvalue weighted by molar-refractivity contribution is -0.127. The van der Waals surface area contributed by atoms with E-state index in [1.165, 1.54) is 32.0 Å². The van der Waals surface area contributed by atoms with Gasteiger partial charge in [0.15, 0.2) is 0 Å². The molecule has 1 aromatic heterocycles. The molecule has 19 heavy (non-hydrogen) atoms. The van der Waals surface area contributed by atoms with Crippen molar-refractivity contribution in [2.45, 2.75) is 51.2 Å². The zero-order valence-electron chi connectivity index (χ0n) is 11.3. The molecule has 1 heterocycles. The first-order valence-corrected chi connectivity index (χ1v) is 7.17. The van der Waals surface area contributed by atoms with E-state index in [0.29, 0.717) is 11.8 Å². The Morgan fingerprint density at radius 2 is 2.37 bits per heavy atom. The average Bonchev–Trinajstić information content (AvgIpc) is 3.09. The standard InChI is InChI=1S/C14H21N3O2/c1-2-19-12-7-11(14(12)5-3-4-6-14)17-13(18)10-8-15-9-16-10/h8-9,11-12H,2-7H2,1H3,(H,15,16)(H,17,18)/t11-,12-/m1/s1. The molecule has 3 rings (SSSR count). The van der Waals surface area contributed by atoms with Gasteiger partial charge in [-0.25, -0.2) is 4.98 Å². The fraction of sp³-hybridized carbons (Fsp3) is 0.714. The maximum absolute atomic E-state index is 12.1. The van der Waals surface area contributed by atoms with E-state index in [-0.39, 0.29) is 17.4 Å². The Bertz CT molecular complexity index is 438. The first-order valence-electron chi connectivity index (χ1n) is 7.17. The maximum atomic E-state index is 12.1. The summed E-state index contributed by atoms with van der Waals surface area (Å²) in [5.41, 5.74) is 0.721. The van der Waals surface area contributed by atoms with Gasteiger partial charge in [-0.05, 0) is 26.2 Å². The van der Waals surface area contributed by atoms with Crippen LogP contribution in [0.2, 0.25) is 0 Å². The number of imidazole rings is 1. The number of ether oxygens (including phenoxy) is 1. The number of nitrogens with zero attached hydrogens (tertiary/aromatic N) is 1. The molecule has 1 amide bonds. The molecule has 0 saturated heterocycles. The molecule has 2 saturated carbocycles. The summed E-state index contributed by atoms with van der Waals surface area (Å²) >= 11 is 0. The van der Waals surface area contributed by atoms with E-state index in [1.54, 1.807) is 6.20 Å². The molecular weight excluding hydrogens is 242 g/mol. The van der Waals surface area contributed by atoms with Crippen molar-refractivity contribution in [3.05, 3.63) is 18.2 Å². The highest BCUT2D eigenvalue weighted by atomic mass is 16.5. The third-order valence-electron chi connectivity index (χ3n) is 4.74. The minimum absolute atomic E-state index is 0.0521. The van der Waals surface area contributed by atoms with Crippen molar-refractivity contribution in [2.24, 2.45) is 5.41 Å². The largest absolute Gasteiger partial charge is 0.378 e. The zero-order chi connectivity index (χ0) is 13.3. The Morgan fingerprint density at radius 3 is 3.00 bits per heavy atom. The van der Waals surface area contributed by atoms with E-state index in [9.17, 15) is 4.79 Å². The first kappa shape index (κ1) is 12.7. The van der Waals surface area contributed by atoms with Crippen molar-refractivity contribution >= 4 is 5.91 Å². The van der Waals surface area contributed by atoms with E-state index in [2.05, 4.69) is 15.3 Å². The molecule has 2 N–H and O–H groups in total. The number of carbonyl (C=O) groups is 1. The van der Waals surface area contributed by atoms with E-state index in [4.69, 9.17) is 4.74 Å². The number of aromatic nitrogens is 2. The topological polar surface area (TPSA) is 67.0 Å². The smallest absolute Gasteiger partial charge is 0.269 e. The molecule has 2 atom stereocenters. The summed E-state index contributed by atoms with van der Waals surface area (Å²) in [6.07, 6.45) is 9.21. The molecular formula is C14H21N3O2. The molecule has 0 unspecified atom stereocenters. The minimum Gasteiger partial charge on any atom is -0.378 e. The van der Waals surface area contributed by atoms with Crippen LogP contribution in [0.3, 0.4) is 0 Å². The highest BCUT2D eigenvalue weighted by Crippen LogP contribution is 2.54. The van der Waals surface area contributed by atoms with Crippen LogP contribution in [0.1, 0.15) is 49.5 Å². The predicted molar refractivity (Wildman–Crippen MR) is 70.8 cm³/mol. The van der Waals surface area contributed by atoms with Crippen LogP contribution in [0, 0.1) is 5.41 Å². The van der Waals surface area contributed by atoms with Crippen molar-refractivity contribution in [1.82, 2.24) is 15.3 Å². The number of aromatic amines is 1. The Labute approximate surface area is 113 Å². The summed E-state index contributed by atoms with van der Waals surface area (Å²) in [6, 6.07) is 0.252. The van der Waals surface area contributed by atoms with Gasteiger partial charge in [0, 0.05) is 18.1 Å². The van der Waals surface area contributed by atoms with E-state index in [1.807, 2.05) is 6.92 Å². The second kappa shape index (κ2) is 4.96. The van der Waals surface area contributed by atoms with Gasteiger partial charge in [0.2, 0.25) is 0 Å². The third-order valence-corrected chi connectivity index (χ3v) is 4.74. The highest BCUT2D eigenvalue weighted by molar-refractivity contribution is 5.92. The minimum atomic E-state index is -0.0521. The lowest BCUT2D eigenvalue weighted by Crippen LogP contribution is -2.63. The Balaban J connectivity index is 1.67. The van der Waals surface area contributed by atoms with Gasteiger partial charge in [0.05, 0.1) is 18.6 Å². The number of amides is 1. The van der Waals surface area contributed by atoms with Crippen molar-refractivity contribution in [3.63, 3.8) is 0 Å². The van der Waals surface area contributed by atoms with Gasteiger partial charge in [-0.2, -0.15) is 0 Å². The van der Waals surface area contributed by atoms with E-state index >= 15 is 0 Å². The number of carbonyl (C=O) groups excluding carboxylic acids is 1. The molecule has 2 aliphatic carbocycles. The SMILES string of the molecule is CCO[C@@H]1C[C@@H](NC(=O)c2cnc[nH]2)C12CCCC2. The fourth-order valence-electron chi connectivity index (χ4n) is 3.70. The van der Waals surface area contributed by atoms with Gasteiger partial charge in [-0.15, -0.1) is 0 Å². The monoisotopic (exact) mass is 263 g/mol. The summed E-state index contributed by atoms with van der Waals surface area (Å²) in [7, 11) is 0. The van der Waals surface area contributed by atoms with E-state index in [0.717, 1.165) is 13.0 Å². The number of nitrogens with one attached hydrogen (secondary N) is 2. The maximum Gasteiger partial charge on any atom is 0.269 e. The molecule has 5 heteroatoms. The molecule has 1 aromatic rings. The summed E-state index contributed by atoms with van der Waals surface area (Å²) in [5, 5.41) is 3.15. The van der Waals surface area contributed by atoms with Crippen molar-refractivity contribution < 1.29 is 9.53 Å². The third kappa shape index (κ3) is 2.06. The van der Waals surface area contributed by atoms with Gasteiger partial charge in [-0.1, -0.05) is 12.8 Å². The van der Waals surface area contributed by atoms with Crippen LogP contribution in [-0.2, 0) is 4.74 Å². The zero-order valence-corrected chi connectivity index (χ0v) is 11.3. The summed E-state index contributed by atoms with van der Waals surface area (Å²) in [4.78, 5) is 18.8. The molecule has 0 aliphatic heterocycles. The number of hydrogen-bond acceptors (Lipinski definition) is 3. The summed E-state index contributed by atoms with van der Waals surface area (Å²) < 4.78 is 5.85. The van der Waals surface area contributed by atoms with Crippen LogP contribution in [0.15, 0.2) is 12.5 Å². The normalized spacial score (nSPS) is 28.3. The summed E-state index contributed by atoms with van der Waals surface area (Å²) in [6.45, 7) is 2.80. The second-order valence-electron chi connectivity index (χ2n) is 5.61. The van der Waals surface area contributed by atoms with Gasteiger partial charge in [-0.3, -0.25) is 4.79 Å². The van der Waals surface area contributed by atoms with Crippen molar-refractivity contribution in [1.29, 1.82) is 0 Å².